The average molecular weight is 210 g/mol. The Morgan fingerprint density at radius 2 is 2.33 bits per heavy atom. The number of aromatic nitrogens is 1. The third-order valence-electron chi connectivity index (χ3n) is 1.59. The summed E-state index contributed by atoms with van der Waals surface area (Å²) in [6.45, 7) is 1.14. The molecule has 0 aliphatic rings. The second-order valence-electron chi connectivity index (χ2n) is 2.78. The molecule has 1 aromatic heterocycles. The Balaban J connectivity index is 2.54. The summed E-state index contributed by atoms with van der Waals surface area (Å²) in [5, 5.41) is 8.26. The van der Waals surface area contributed by atoms with Gasteiger partial charge < -0.3 is 5.11 Å². The largest absolute Gasteiger partial charge is 0.479 e. The zero-order valence-electron chi connectivity index (χ0n) is 8.06. The van der Waals surface area contributed by atoms with Crippen LogP contribution in [0.25, 0.3) is 0 Å². The average Bonchev–Trinajstić information content (AvgIpc) is 2.17. The monoisotopic (exact) mass is 210 g/mol. The number of nitrogens with one attached hydrogen (secondary N) is 1. The van der Waals surface area contributed by atoms with Crippen molar-refractivity contribution in [2.45, 2.75) is 6.92 Å². The summed E-state index contributed by atoms with van der Waals surface area (Å²) in [5.41, 5.74) is 2.89. The minimum atomic E-state index is -1.16. The molecule has 1 amide bonds. The van der Waals surface area contributed by atoms with Gasteiger partial charge in [0.1, 0.15) is 5.69 Å². The van der Waals surface area contributed by atoms with E-state index in [1.807, 2.05) is 5.48 Å². The van der Waals surface area contributed by atoms with Crippen molar-refractivity contribution in [2.75, 3.05) is 6.61 Å². The maximum Gasteiger partial charge on any atom is 0.332 e. The molecule has 80 valence electrons. The van der Waals surface area contributed by atoms with E-state index in [-0.39, 0.29) is 5.69 Å². The number of aliphatic carboxylic acids is 1. The molecule has 0 radical (unpaired) electrons. The summed E-state index contributed by atoms with van der Waals surface area (Å²) in [6, 6.07) is 3.42. The summed E-state index contributed by atoms with van der Waals surface area (Å²) >= 11 is 0. The van der Waals surface area contributed by atoms with Crippen LogP contribution in [0.2, 0.25) is 0 Å². The number of carbonyl (C=O) groups is 2. The minimum Gasteiger partial charge on any atom is -0.479 e. The molecule has 0 bridgehead atoms. The molecule has 0 aromatic carbocycles. The van der Waals surface area contributed by atoms with Gasteiger partial charge in [-0.3, -0.25) is 14.6 Å². The number of aryl methyl sites for hydroxylation is 1. The molecule has 1 rings (SSSR count). The van der Waals surface area contributed by atoms with Gasteiger partial charge in [0.15, 0.2) is 6.61 Å². The molecule has 0 aliphatic heterocycles. The van der Waals surface area contributed by atoms with Gasteiger partial charge in [-0.15, -0.1) is 0 Å². The fourth-order valence-electron chi connectivity index (χ4n) is 0.935. The number of hydrogen-bond acceptors (Lipinski definition) is 4. The quantitative estimate of drug-likeness (QED) is 0.690. The summed E-state index contributed by atoms with van der Waals surface area (Å²) in [6.07, 6.45) is 1.47. The predicted octanol–water partition coefficient (Wildman–Crippen LogP) is 0.136. The van der Waals surface area contributed by atoms with Gasteiger partial charge in [0, 0.05) is 6.20 Å². The minimum absolute atomic E-state index is 0.211. The van der Waals surface area contributed by atoms with Gasteiger partial charge in [0.25, 0.3) is 5.91 Å². The van der Waals surface area contributed by atoms with Crippen molar-refractivity contribution in [1.82, 2.24) is 10.5 Å². The Kier molecular flexibility index (Phi) is 3.75. The summed E-state index contributed by atoms with van der Waals surface area (Å²) in [5.74, 6) is -1.72. The Morgan fingerprint density at radius 1 is 1.60 bits per heavy atom. The van der Waals surface area contributed by atoms with Crippen molar-refractivity contribution >= 4 is 11.9 Å². The van der Waals surface area contributed by atoms with Crippen molar-refractivity contribution < 1.29 is 19.5 Å². The molecule has 6 heteroatoms. The SMILES string of the molecule is Cc1cccnc1C(=O)NOCC(=O)O. The smallest absolute Gasteiger partial charge is 0.332 e. The Bertz CT molecular complexity index is 378. The maximum atomic E-state index is 11.4. The molecular weight excluding hydrogens is 200 g/mol. The van der Waals surface area contributed by atoms with E-state index in [4.69, 9.17) is 5.11 Å². The van der Waals surface area contributed by atoms with Crippen molar-refractivity contribution in [3.8, 4) is 0 Å². The first kappa shape index (κ1) is 11.1. The molecule has 0 spiro atoms. The van der Waals surface area contributed by atoms with Gasteiger partial charge in [0.2, 0.25) is 0 Å². The van der Waals surface area contributed by atoms with Gasteiger partial charge in [-0.05, 0) is 18.6 Å². The lowest BCUT2D eigenvalue weighted by Crippen LogP contribution is -2.27. The highest BCUT2D eigenvalue weighted by Gasteiger charge is 2.10. The molecule has 0 unspecified atom stereocenters. The molecule has 15 heavy (non-hydrogen) atoms. The Labute approximate surface area is 85.8 Å². The number of carboxylic acids is 1. The van der Waals surface area contributed by atoms with Crippen molar-refractivity contribution in [3.63, 3.8) is 0 Å². The van der Waals surface area contributed by atoms with Crippen LogP contribution in [0.1, 0.15) is 16.1 Å². The second kappa shape index (κ2) is 5.06. The van der Waals surface area contributed by atoms with E-state index in [1.54, 1.807) is 19.1 Å². The molecule has 0 saturated carbocycles. The Hall–Kier alpha value is -1.95. The van der Waals surface area contributed by atoms with E-state index >= 15 is 0 Å². The second-order valence-corrected chi connectivity index (χ2v) is 2.78. The zero-order chi connectivity index (χ0) is 11.3. The summed E-state index contributed by atoms with van der Waals surface area (Å²) in [4.78, 5) is 29.7. The van der Waals surface area contributed by atoms with Gasteiger partial charge in [-0.2, -0.15) is 0 Å². The highest BCUT2D eigenvalue weighted by molar-refractivity contribution is 5.92. The van der Waals surface area contributed by atoms with Crippen LogP contribution in [0.4, 0.5) is 0 Å². The zero-order valence-corrected chi connectivity index (χ0v) is 8.06. The highest BCUT2D eigenvalue weighted by atomic mass is 16.7. The molecule has 2 N–H and O–H groups in total. The number of pyridine rings is 1. The van der Waals surface area contributed by atoms with E-state index in [2.05, 4.69) is 9.82 Å². The lowest BCUT2D eigenvalue weighted by atomic mass is 10.2. The van der Waals surface area contributed by atoms with Crippen LogP contribution < -0.4 is 5.48 Å². The van der Waals surface area contributed by atoms with Gasteiger partial charge in [-0.1, -0.05) is 6.07 Å². The number of amides is 1. The van der Waals surface area contributed by atoms with E-state index in [1.165, 1.54) is 6.20 Å². The van der Waals surface area contributed by atoms with Crippen molar-refractivity contribution in [2.24, 2.45) is 0 Å². The van der Waals surface area contributed by atoms with Gasteiger partial charge in [-0.25, -0.2) is 10.3 Å². The number of carboxylic acid groups (broad SMARTS) is 1. The van der Waals surface area contributed by atoms with E-state index < -0.39 is 18.5 Å². The van der Waals surface area contributed by atoms with Crippen LogP contribution in [0.5, 0.6) is 0 Å². The third kappa shape index (κ3) is 3.35. The van der Waals surface area contributed by atoms with Gasteiger partial charge >= 0.3 is 5.97 Å². The van der Waals surface area contributed by atoms with Crippen molar-refractivity contribution in [3.05, 3.63) is 29.6 Å². The summed E-state index contributed by atoms with van der Waals surface area (Å²) < 4.78 is 0. The fourth-order valence-corrected chi connectivity index (χ4v) is 0.935. The number of hydrogen-bond donors (Lipinski definition) is 2. The molecule has 0 saturated heterocycles. The standard InChI is InChI=1S/C9H10N2O4/c1-6-3-2-4-10-8(6)9(14)11-15-5-7(12)13/h2-4H,5H2,1H3,(H,11,14)(H,12,13). The normalized spacial score (nSPS) is 9.67. The topological polar surface area (TPSA) is 88.5 Å². The fraction of sp³-hybridized carbons (Fsp3) is 0.222. The van der Waals surface area contributed by atoms with Crippen LogP contribution >= 0.6 is 0 Å². The van der Waals surface area contributed by atoms with E-state index in [0.717, 1.165) is 0 Å². The number of nitrogens with zero attached hydrogens (tertiary/aromatic N) is 1. The van der Waals surface area contributed by atoms with E-state index in [0.29, 0.717) is 5.56 Å². The van der Waals surface area contributed by atoms with Crippen LogP contribution in [-0.2, 0) is 9.63 Å². The molecule has 1 aromatic rings. The van der Waals surface area contributed by atoms with Gasteiger partial charge in [0.05, 0.1) is 0 Å². The predicted molar refractivity (Wildman–Crippen MR) is 50.0 cm³/mol. The maximum absolute atomic E-state index is 11.4. The molecule has 0 fully saturated rings. The van der Waals surface area contributed by atoms with E-state index in [9.17, 15) is 9.59 Å². The first-order chi connectivity index (χ1) is 7.11. The molecule has 1 heterocycles. The van der Waals surface area contributed by atoms with Crippen molar-refractivity contribution in [1.29, 1.82) is 0 Å². The highest BCUT2D eigenvalue weighted by Crippen LogP contribution is 2.02. The van der Waals surface area contributed by atoms with Crippen LogP contribution in [0, 0.1) is 6.92 Å². The summed E-state index contributed by atoms with van der Waals surface area (Å²) in [7, 11) is 0. The van der Waals surface area contributed by atoms with Crippen LogP contribution in [-0.4, -0.2) is 28.6 Å². The molecule has 0 atom stereocenters. The first-order valence-electron chi connectivity index (χ1n) is 4.17. The number of carbonyl (C=O) groups excluding carboxylic acids is 1. The molecule has 0 aliphatic carbocycles. The molecule has 6 nitrogen and oxygen atoms in total. The Morgan fingerprint density at radius 3 is 2.93 bits per heavy atom. The van der Waals surface area contributed by atoms with Crippen LogP contribution in [0.15, 0.2) is 18.3 Å². The lowest BCUT2D eigenvalue weighted by molar-refractivity contribution is -0.144. The third-order valence-corrected chi connectivity index (χ3v) is 1.59. The first-order valence-corrected chi connectivity index (χ1v) is 4.17. The van der Waals surface area contributed by atoms with Crippen LogP contribution in [0.3, 0.4) is 0 Å². The lowest BCUT2D eigenvalue weighted by Gasteiger charge is -2.04. The number of hydroxylamine groups is 1. The molecular formula is C9H10N2O4. The number of rotatable bonds is 4.